The number of nitrogens with zero attached hydrogens (tertiary/aromatic N) is 1. The highest BCUT2D eigenvalue weighted by atomic mass is 15.1. The zero-order chi connectivity index (χ0) is 12.3. The Kier molecular flexibility index (Phi) is 3.59. The number of aromatic amines is 1. The van der Waals surface area contributed by atoms with Crippen molar-refractivity contribution in [2.45, 2.75) is 26.3 Å². The van der Waals surface area contributed by atoms with Gasteiger partial charge >= 0.3 is 0 Å². The number of H-pyrrole nitrogens is 1. The molecule has 2 rings (SSSR count). The highest BCUT2D eigenvalue weighted by Gasteiger charge is 2.04. The molecule has 0 saturated carbocycles. The van der Waals surface area contributed by atoms with Crippen LogP contribution < -0.4 is 5.32 Å². The molecule has 1 aromatic heterocycles. The molecule has 0 amide bonds. The molecule has 0 saturated heterocycles. The van der Waals surface area contributed by atoms with Crippen molar-refractivity contribution in [1.29, 1.82) is 0 Å². The maximum absolute atomic E-state index is 4.31. The van der Waals surface area contributed by atoms with Crippen molar-refractivity contribution in [2.75, 3.05) is 7.05 Å². The summed E-state index contributed by atoms with van der Waals surface area (Å²) in [6.07, 6.45) is 0. The largest absolute Gasteiger partial charge is 0.314 e. The summed E-state index contributed by atoms with van der Waals surface area (Å²) in [5.74, 6) is 0.572. The van der Waals surface area contributed by atoms with Crippen LogP contribution in [0.5, 0.6) is 0 Å². The summed E-state index contributed by atoms with van der Waals surface area (Å²) in [5.41, 5.74) is 4.63. The van der Waals surface area contributed by atoms with Gasteiger partial charge in [-0.15, -0.1) is 0 Å². The van der Waals surface area contributed by atoms with Gasteiger partial charge in [-0.05, 0) is 24.6 Å². The van der Waals surface area contributed by atoms with E-state index in [1.54, 1.807) is 0 Å². The van der Waals surface area contributed by atoms with Crippen LogP contribution in [0.1, 0.15) is 31.0 Å². The van der Waals surface area contributed by atoms with Gasteiger partial charge < -0.3 is 5.32 Å². The van der Waals surface area contributed by atoms with Crippen molar-refractivity contribution in [3.05, 3.63) is 41.6 Å². The molecular formula is C14H19N3. The Labute approximate surface area is 102 Å². The first-order valence-corrected chi connectivity index (χ1v) is 6.00. The van der Waals surface area contributed by atoms with Gasteiger partial charge in [-0.2, -0.15) is 5.10 Å². The summed E-state index contributed by atoms with van der Waals surface area (Å²) in [6, 6.07) is 10.7. The molecule has 2 N–H and O–H groups in total. The second kappa shape index (κ2) is 5.15. The second-order valence-electron chi connectivity index (χ2n) is 4.59. The van der Waals surface area contributed by atoms with E-state index >= 15 is 0 Å². The third-order valence-corrected chi connectivity index (χ3v) is 2.87. The van der Waals surface area contributed by atoms with E-state index in [2.05, 4.69) is 59.7 Å². The maximum Gasteiger partial charge on any atom is 0.0924 e. The molecule has 0 bridgehead atoms. The van der Waals surface area contributed by atoms with Gasteiger partial charge in [-0.1, -0.05) is 38.1 Å². The normalized spacial score (nSPS) is 11.1. The minimum atomic E-state index is 0.572. The molecule has 0 aliphatic heterocycles. The standard InChI is InChI=1S/C14H19N3/c1-10(2)11-4-6-12(7-5-11)14-8-13(9-15-3)16-17-14/h4-8,10,15H,9H2,1-3H3,(H,16,17). The van der Waals surface area contributed by atoms with Gasteiger partial charge in [-0.25, -0.2) is 0 Å². The summed E-state index contributed by atoms with van der Waals surface area (Å²) < 4.78 is 0. The van der Waals surface area contributed by atoms with Crippen molar-refractivity contribution in [1.82, 2.24) is 15.5 Å². The third-order valence-electron chi connectivity index (χ3n) is 2.87. The lowest BCUT2D eigenvalue weighted by atomic mass is 10.0. The Morgan fingerprint density at radius 2 is 1.94 bits per heavy atom. The van der Waals surface area contributed by atoms with Crippen molar-refractivity contribution in [3.63, 3.8) is 0 Å². The lowest BCUT2D eigenvalue weighted by Crippen LogP contribution is -2.04. The van der Waals surface area contributed by atoms with Crippen molar-refractivity contribution < 1.29 is 0 Å². The molecule has 0 fully saturated rings. The molecule has 0 aliphatic carbocycles. The van der Waals surface area contributed by atoms with Crippen LogP contribution in [0.15, 0.2) is 30.3 Å². The number of hydrogen-bond acceptors (Lipinski definition) is 2. The van der Waals surface area contributed by atoms with E-state index < -0.39 is 0 Å². The number of benzene rings is 1. The molecule has 17 heavy (non-hydrogen) atoms. The van der Waals surface area contributed by atoms with E-state index in [0.717, 1.165) is 23.5 Å². The van der Waals surface area contributed by atoms with Gasteiger partial charge in [0.25, 0.3) is 0 Å². The van der Waals surface area contributed by atoms with Crippen LogP contribution in [0.3, 0.4) is 0 Å². The predicted molar refractivity (Wildman–Crippen MR) is 70.9 cm³/mol. The highest BCUT2D eigenvalue weighted by molar-refractivity contribution is 5.59. The summed E-state index contributed by atoms with van der Waals surface area (Å²) >= 11 is 0. The number of hydrogen-bond donors (Lipinski definition) is 2. The van der Waals surface area contributed by atoms with E-state index in [1.807, 2.05) is 7.05 Å². The first-order chi connectivity index (χ1) is 8.20. The van der Waals surface area contributed by atoms with E-state index in [0.29, 0.717) is 5.92 Å². The first-order valence-electron chi connectivity index (χ1n) is 6.00. The molecule has 1 heterocycles. The SMILES string of the molecule is CNCc1cc(-c2ccc(C(C)C)cc2)n[nH]1. The van der Waals surface area contributed by atoms with Crippen LogP contribution in [0.2, 0.25) is 0 Å². The Bertz CT molecular complexity index is 468. The average Bonchev–Trinajstić information content (AvgIpc) is 2.78. The monoisotopic (exact) mass is 229 g/mol. The Hall–Kier alpha value is -1.61. The smallest absolute Gasteiger partial charge is 0.0924 e. The van der Waals surface area contributed by atoms with E-state index in [4.69, 9.17) is 0 Å². The van der Waals surface area contributed by atoms with Gasteiger partial charge in [-0.3, -0.25) is 5.10 Å². The van der Waals surface area contributed by atoms with Crippen LogP contribution in [-0.2, 0) is 6.54 Å². The van der Waals surface area contributed by atoms with Crippen LogP contribution in [0.4, 0.5) is 0 Å². The van der Waals surface area contributed by atoms with Crippen LogP contribution in [0, 0.1) is 0 Å². The summed E-state index contributed by atoms with van der Waals surface area (Å²) in [4.78, 5) is 0. The van der Waals surface area contributed by atoms with Crippen molar-refractivity contribution >= 4 is 0 Å². The minimum absolute atomic E-state index is 0.572. The van der Waals surface area contributed by atoms with Gasteiger partial charge in [0, 0.05) is 17.8 Å². The molecule has 0 spiro atoms. The summed E-state index contributed by atoms with van der Waals surface area (Å²) in [7, 11) is 1.93. The maximum atomic E-state index is 4.31. The van der Waals surface area contributed by atoms with Gasteiger partial charge in [0.05, 0.1) is 5.69 Å². The van der Waals surface area contributed by atoms with Crippen molar-refractivity contribution in [3.8, 4) is 11.3 Å². The Morgan fingerprint density at radius 1 is 1.24 bits per heavy atom. The van der Waals surface area contributed by atoms with Gasteiger partial charge in [0.2, 0.25) is 0 Å². The summed E-state index contributed by atoms with van der Waals surface area (Å²) in [5, 5.41) is 10.4. The molecular weight excluding hydrogens is 210 g/mol. The van der Waals surface area contributed by atoms with E-state index in [-0.39, 0.29) is 0 Å². The number of rotatable bonds is 4. The van der Waals surface area contributed by atoms with Crippen LogP contribution in [0.25, 0.3) is 11.3 Å². The molecule has 0 atom stereocenters. The predicted octanol–water partition coefficient (Wildman–Crippen LogP) is 2.92. The molecule has 90 valence electrons. The average molecular weight is 229 g/mol. The molecule has 2 aromatic rings. The first kappa shape index (κ1) is 11.9. The molecule has 1 aromatic carbocycles. The molecule has 0 radical (unpaired) electrons. The van der Waals surface area contributed by atoms with Gasteiger partial charge in [0.1, 0.15) is 0 Å². The Morgan fingerprint density at radius 3 is 2.53 bits per heavy atom. The van der Waals surface area contributed by atoms with E-state index in [1.165, 1.54) is 5.56 Å². The zero-order valence-electron chi connectivity index (χ0n) is 10.6. The third kappa shape index (κ3) is 2.74. The van der Waals surface area contributed by atoms with Gasteiger partial charge in [0.15, 0.2) is 0 Å². The quantitative estimate of drug-likeness (QED) is 0.846. The zero-order valence-corrected chi connectivity index (χ0v) is 10.6. The number of aromatic nitrogens is 2. The molecule has 0 aliphatic rings. The van der Waals surface area contributed by atoms with Crippen molar-refractivity contribution in [2.24, 2.45) is 0 Å². The highest BCUT2D eigenvalue weighted by Crippen LogP contribution is 2.21. The molecule has 3 heteroatoms. The van der Waals surface area contributed by atoms with Crippen LogP contribution in [-0.4, -0.2) is 17.2 Å². The summed E-state index contributed by atoms with van der Waals surface area (Å²) in [6.45, 7) is 5.22. The lowest BCUT2D eigenvalue weighted by Gasteiger charge is -2.05. The molecule has 0 unspecified atom stereocenters. The molecule has 3 nitrogen and oxygen atoms in total. The second-order valence-corrected chi connectivity index (χ2v) is 4.59. The fraction of sp³-hybridized carbons (Fsp3) is 0.357. The fourth-order valence-electron chi connectivity index (χ4n) is 1.83. The van der Waals surface area contributed by atoms with Crippen LogP contribution >= 0.6 is 0 Å². The Balaban J connectivity index is 2.21. The number of nitrogens with one attached hydrogen (secondary N) is 2. The minimum Gasteiger partial charge on any atom is -0.314 e. The topological polar surface area (TPSA) is 40.7 Å². The fourth-order valence-corrected chi connectivity index (χ4v) is 1.83. The lowest BCUT2D eigenvalue weighted by molar-refractivity contribution is 0.784. The van der Waals surface area contributed by atoms with E-state index in [9.17, 15) is 0 Å².